The summed E-state index contributed by atoms with van der Waals surface area (Å²) in [6.07, 6.45) is 0.323. The number of halogens is 1. The van der Waals surface area contributed by atoms with Crippen LogP contribution in [0.4, 0.5) is 10.1 Å². The Morgan fingerprint density at radius 1 is 0.947 bits per heavy atom. The van der Waals surface area contributed by atoms with Crippen molar-refractivity contribution in [3.05, 3.63) is 90.2 Å². The van der Waals surface area contributed by atoms with Gasteiger partial charge in [0.25, 0.3) is 10.0 Å². The molecule has 1 unspecified atom stereocenters. The molecular formula is C28H32FN3O5S. The van der Waals surface area contributed by atoms with Crippen LogP contribution in [0.1, 0.15) is 25.8 Å². The highest BCUT2D eigenvalue weighted by molar-refractivity contribution is 7.92. The second-order valence-electron chi connectivity index (χ2n) is 8.49. The molecule has 0 saturated heterocycles. The number of carbonyl (C=O) groups is 2. The zero-order chi connectivity index (χ0) is 27.7. The zero-order valence-corrected chi connectivity index (χ0v) is 22.4. The molecule has 8 nitrogen and oxygen atoms in total. The van der Waals surface area contributed by atoms with Crippen LogP contribution < -0.4 is 14.4 Å². The van der Waals surface area contributed by atoms with Crippen LogP contribution in [0.15, 0.2) is 83.8 Å². The van der Waals surface area contributed by atoms with E-state index in [4.69, 9.17) is 4.74 Å². The van der Waals surface area contributed by atoms with E-state index in [1.807, 2.05) is 0 Å². The van der Waals surface area contributed by atoms with Crippen molar-refractivity contribution in [2.45, 2.75) is 37.8 Å². The summed E-state index contributed by atoms with van der Waals surface area (Å²) in [6.45, 7) is 3.48. The predicted molar refractivity (Wildman–Crippen MR) is 144 cm³/mol. The average Bonchev–Trinajstić information content (AvgIpc) is 2.92. The molecule has 0 aliphatic heterocycles. The number of para-hydroxylation sites is 1. The van der Waals surface area contributed by atoms with Crippen LogP contribution in [-0.4, -0.2) is 51.4 Å². The van der Waals surface area contributed by atoms with E-state index in [9.17, 15) is 22.4 Å². The van der Waals surface area contributed by atoms with Crippen molar-refractivity contribution in [2.75, 3.05) is 24.5 Å². The number of ether oxygens (including phenoxy) is 1. The first-order chi connectivity index (χ1) is 18.2. The maximum absolute atomic E-state index is 13.9. The number of sulfonamides is 1. The monoisotopic (exact) mass is 541 g/mol. The number of carbonyl (C=O) groups excluding carboxylic acids is 2. The topological polar surface area (TPSA) is 96.0 Å². The number of benzene rings is 3. The van der Waals surface area contributed by atoms with Crippen molar-refractivity contribution in [1.82, 2.24) is 10.2 Å². The molecule has 0 aliphatic rings. The second-order valence-corrected chi connectivity index (χ2v) is 10.4. The van der Waals surface area contributed by atoms with Crippen LogP contribution in [0.5, 0.6) is 5.75 Å². The highest BCUT2D eigenvalue weighted by Crippen LogP contribution is 2.25. The van der Waals surface area contributed by atoms with E-state index in [-0.39, 0.29) is 23.0 Å². The fourth-order valence-corrected chi connectivity index (χ4v) is 5.41. The molecule has 0 fully saturated rings. The molecule has 0 heterocycles. The van der Waals surface area contributed by atoms with Gasteiger partial charge in [0, 0.05) is 13.1 Å². The van der Waals surface area contributed by atoms with Gasteiger partial charge >= 0.3 is 0 Å². The van der Waals surface area contributed by atoms with Crippen LogP contribution in [-0.2, 0) is 26.2 Å². The Kier molecular flexibility index (Phi) is 9.84. The number of likely N-dealkylation sites (N-methyl/N-ethyl adjacent to an activating group) is 1. The normalized spacial score (nSPS) is 11.9. The Balaban J connectivity index is 2.02. The molecule has 3 aromatic rings. The summed E-state index contributed by atoms with van der Waals surface area (Å²) in [5, 5.41) is 2.76. The van der Waals surface area contributed by atoms with Crippen molar-refractivity contribution in [2.24, 2.45) is 0 Å². The van der Waals surface area contributed by atoms with Gasteiger partial charge in [-0.3, -0.25) is 13.9 Å². The minimum absolute atomic E-state index is 0.0810. The van der Waals surface area contributed by atoms with E-state index in [0.717, 1.165) is 34.1 Å². The molecule has 0 radical (unpaired) electrons. The molecule has 0 aromatic heterocycles. The summed E-state index contributed by atoms with van der Waals surface area (Å²) < 4.78 is 47.0. The van der Waals surface area contributed by atoms with Crippen molar-refractivity contribution >= 4 is 27.5 Å². The van der Waals surface area contributed by atoms with E-state index in [2.05, 4.69) is 5.32 Å². The highest BCUT2D eigenvalue weighted by Gasteiger charge is 2.33. The number of amides is 2. The molecule has 0 bridgehead atoms. The van der Waals surface area contributed by atoms with Crippen molar-refractivity contribution in [3.63, 3.8) is 0 Å². The van der Waals surface area contributed by atoms with Crippen molar-refractivity contribution in [3.8, 4) is 5.75 Å². The molecule has 0 aliphatic carbocycles. The molecule has 3 aromatic carbocycles. The molecular weight excluding hydrogens is 509 g/mol. The van der Waals surface area contributed by atoms with Gasteiger partial charge in [0.2, 0.25) is 11.8 Å². The molecule has 0 spiro atoms. The number of rotatable bonds is 12. The Bertz CT molecular complexity index is 1320. The third kappa shape index (κ3) is 6.89. The van der Waals surface area contributed by atoms with Gasteiger partial charge in [0.15, 0.2) is 0 Å². The summed E-state index contributed by atoms with van der Waals surface area (Å²) in [5.74, 6) is -0.828. The lowest BCUT2D eigenvalue weighted by atomic mass is 10.1. The number of anilines is 1. The smallest absolute Gasteiger partial charge is 0.264 e. The molecule has 0 saturated carbocycles. The third-order valence-electron chi connectivity index (χ3n) is 5.97. The first-order valence-corrected chi connectivity index (χ1v) is 13.7. The Hall–Kier alpha value is -3.92. The number of hydrogen-bond acceptors (Lipinski definition) is 5. The average molecular weight is 542 g/mol. The predicted octanol–water partition coefficient (Wildman–Crippen LogP) is 3.97. The fourth-order valence-electron chi connectivity index (χ4n) is 4.00. The minimum atomic E-state index is -4.24. The van der Waals surface area contributed by atoms with Crippen molar-refractivity contribution < 1.29 is 27.1 Å². The largest absolute Gasteiger partial charge is 0.497 e. The maximum atomic E-state index is 13.9. The molecule has 1 atom stereocenters. The summed E-state index contributed by atoms with van der Waals surface area (Å²) in [4.78, 5) is 28.0. The van der Waals surface area contributed by atoms with E-state index in [1.54, 1.807) is 75.6 Å². The van der Waals surface area contributed by atoms with Gasteiger partial charge in [-0.15, -0.1) is 0 Å². The number of hydrogen-bond donors (Lipinski definition) is 1. The van der Waals surface area contributed by atoms with Crippen molar-refractivity contribution in [1.29, 1.82) is 0 Å². The van der Waals surface area contributed by atoms with Crippen LogP contribution in [0.3, 0.4) is 0 Å². The van der Waals surface area contributed by atoms with E-state index >= 15 is 0 Å². The summed E-state index contributed by atoms with van der Waals surface area (Å²) in [6, 6.07) is 18.9. The molecule has 202 valence electrons. The first-order valence-electron chi connectivity index (χ1n) is 12.2. The fraction of sp³-hybridized carbons (Fsp3) is 0.286. The SMILES string of the molecule is CCNC(=O)C(CC)N(Cc1ccc(OC)cc1)C(=O)CN(c1ccccc1)S(=O)(=O)c1ccc(F)cc1. The molecule has 2 amide bonds. The molecule has 1 N–H and O–H groups in total. The summed E-state index contributed by atoms with van der Waals surface area (Å²) in [5.41, 5.74) is 1.01. The Morgan fingerprint density at radius 3 is 2.13 bits per heavy atom. The van der Waals surface area contributed by atoms with Gasteiger partial charge in [-0.2, -0.15) is 0 Å². The van der Waals surface area contributed by atoms with Crippen LogP contribution in [0.2, 0.25) is 0 Å². The van der Waals surface area contributed by atoms with Gasteiger partial charge in [-0.1, -0.05) is 37.3 Å². The van der Waals surface area contributed by atoms with Gasteiger partial charge in [-0.25, -0.2) is 12.8 Å². The standard InChI is InChI=1S/C28H32FN3O5S/c1-4-26(28(34)30-5-2)31(19-21-11-15-24(37-3)16-12-21)27(33)20-32(23-9-7-6-8-10-23)38(35,36)25-17-13-22(29)14-18-25/h6-18,26H,4-5,19-20H2,1-3H3,(H,30,34). The quantitative estimate of drug-likeness (QED) is 0.374. The third-order valence-corrected chi connectivity index (χ3v) is 7.76. The summed E-state index contributed by atoms with van der Waals surface area (Å²) >= 11 is 0. The van der Waals surface area contributed by atoms with Gasteiger partial charge < -0.3 is 15.0 Å². The first kappa shape index (κ1) is 28.6. The second kappa shape index (κ2) is 13.0. The molecule has 3 rings (SSSR count). The van der Waals surface area contributed by atoms with Gasteiger partial charge in [0.05, 0.1) is 17.7 Å². The Labute approximate surface area is 223 Å². The van der Waals surface area contributed by atoms with Crippen LogP contribution >= 0.6 is 0 Å². The number of nitrogens with zero attached hydrogens (tertiary/aromatic N) is 2. The zero-order valence-electron chi connectivity index (χ0n) is 21.6. The van der Waals surface area contributed by atoms with Gasteiger partial charge in [-0.05, 0) is 67.4 Å². The minimum Gasteiger partial charge on any atom is -0.497 e. The number of methoxy groups -OCH3 is 1. The van der Waals surface area contributed by atoms with Crippen LogP contribution in [0.25, 0.3) is 0 Å². The molecule has 38 heavy (non-hydrogen) atoms. The number of nitrogens with one attached hydrogen (secondary N) is 1. The lowest BCUT2D eigenvalue weighted by Crippen LogP contribution is -2.52. The molecule has 10 heteroatoms. The maximum Gasteiger partial charge on any atom is 0.264 e. The van der Waals surface area contributed by atoms with E-state index in [1.165, 1.54) is 4.90 Å². The highest BCUT2D eigenvalue weighted by atomic mass is 32.2. The van der Waals surface area contributed by atoms with E-state index < -0.39 is 34.3 Å². The lowest BCUT2D eigenvalue weighted by molar-refractivity contribution is -0.140. The van der Waals surface area contributed by atoms with Gasteiger partial charge in [0.1, 0.15) is 24.2 Å². The lowest BCUT2D eigenvalue weighted by Gasteiger charge is -2.33. The summed E-state index contributed by atoms with van der Waals surface area (Å²) in [7, 11) is -2.69. The Morgan fingerprint density at radius 2 is 1.58 bits per heavy atom. The van der Waals surface area contributed by atoms with E-state index in [0.29, 0.717) is 18.7 Å². The van der Waals surface area contributed by atoms with Crippen LogP contribution in [0, 0.1) is 5.82 Å².